The van der Waals surface area contributed by atoms with E-state index in [2.05, 4.69) is 4.99 Å². The van der Waals surface area contributed by atoms with Crippen LogP contribution in [0, 0.1) is 10.1 Å². The summed E-state index contributed by atoms with van der Waals surface area (Å²) in [6.07, 6.45) is 1.77. The highest BCUT2D eigenvalue weighted by atomic mass is 32.1. The van der Waals surface area contributed by atoms with Gasteiger partial charge in [-0.05, 0) is 79.9 Å². The molecule has 4 aromatic rings. The van der Waals surface area contributed by atoms with Gasteiger partial charge in [-0.3, -0.25) is 19.5 Å². The van der Waals surface area contributed by atoms with Gasteiger partial charge in [0.15, 0.2) is 4.80 Å². The number of non-ortho nitro benzene ring substituents is 1. The Kier molecular flexibility index (Phi) is 8.82. The average molecular weight is 600 g/mol. The molecule has 11 heteroatoms. The van der Waals surface area contributed by atoms with Crippen molar-refractivity contribution in [1.82, 2.24) is 4.57 Å². The Morgan fingerprint density at radius 3 is 2.44 bits per heavy atom. The van der Waals surface area contributed by atoms with Crippen LogP contribution < -0.4 is 24.4 Å². The van der Waals surface area contributed by atoms with Crippen LogP contribution in [0.1, 0.15) is 43.5 Å². The second-order valence-electron chi connectivity index (χ2n) is 9.59. The van der Waals surface area contributed by atoms with Crippen LogP contribution >= 0.6 is 11.3 Å². The summed E-state index contributed by atoms with van der Waals surface area (Å²) < 4.78 is 18.8. The Morgan fingerprint density at radius 2 is 1.77 bits per heavy atom. The van der Waals surface area contributed by atoms with Crippen molar-refractivity contribution in [2.45, 2.75) is 33.4 Å². The number of esters is 1. The molecule has 0 unspecified atom stereocenters. The number of carbonyl (C=O) groups excluding carboxylic acids is 1. The lowest BCUT2D eigenvalue weighted by atomic mass is 9.96. The molecule has 5 rings (SSSR count). The molecule has 0 bridgehead atoms. The largest absolute Gasteiger partial charge is 0.494 e. The molecule has 10 nitrogen and oxygen atoms in total. The number of hydrogen-bond donors (Lipinski definition) is 0. The first kappa shape index (κ1) is 29.5. The van der Waals surface area contributed by atoms with Crippen molar-refractivity contribution in [2.75, 3.05) is 13.2 Å². The Balaban J connectivity index is 1.49. The van der Waals surface area contributed by atoms with Crippen LogP contribution in [0.2, 0.25) is 0 Å². The molecule has 1 aliphatic rings. The van der Waals surface area contributed by atoms with E-state index in [9.17, 15) is 19.7 Å². The fourth-order valence-electron chi connectivity index (χ4n) is 4.75. The molecule has 0 fully saturated rings. The fourth-order valence-corrected chi connectivity index (χ4v) is 5.79. The predicted molar refractivity (Wildman–Crippen MR) is 162 cm³/mol. The Morgan fingerprint density at radius 1 is 1.02 bits per heavy atom. The maximum Gasteiger partial charge on any atom is 0.338 e. The van der Waals surface area contributed by atoms with Gasteiger partial charge in [-0.25, -0.2) is 9.79 Å². The fraction of sp³-hybridized carbons (Fsp3) is 0.219. The van der Waals surface area contributed by atoms with Crippen molar-refractivity contribution in [2.24, 2.45) is 4.99 Å². The summed E-state index contributed by atoms with van der Waals surface area (Å²) >= 11 is 1.24. The number of benzene rings is 3. The maximum atomic E-state index is 13.9. The number of allylic oxidation sites excluding steroid dienone is 1. The van der Waals surface area contributed by atoms with Crippen molar-refractivity contribution in [3.63, 3.8) is 0 Å². The molecule has 0 radical (unpaired) electrons. The molecule has 0 N–H and O–H groups in total. The zero-order valence-corrected chi connectivity index (χ0v) is 24.6. The number of nitro benzene ring substituents is 1. The normalized spacial score (nSPS) is 14.6. The van der Waals surface area contributed by atoms with E-state index >= 15 is 0 Å². The van der Waals surface area contributed by atoms with Gasteiger partial charge in [-0.2, -0.15) is 0 Å². The Labute approximate surface area is 251 Å². The number of nitro groups is 1. The predicted octanol–water partition coefficient (Wildman–Crippen LogP) is 4.68. The minimum atomic E-state index is -0.718. The van der Waals surface area contributed by atoms with E-state index in [1.807, 2.05) is 49.4 Å². The minimum absolute atomic E-state index is 0.0153. The van der Waals surface area contributed by atoms with Gasteiger partial charge in [0, 0.05) is 12.1 Å². The van der Waals surface area contributed by atoms with Gasteiger partial charge < -0.3 is 14.2 Å². The highest BCUT2D eigenvalue weighted by molar-refractivity contribution is 7.07. The molecule has 1 atom stereocenters. The molecule has 43 heavy (non-hydrogen) atoms. The number of fused-ring (bicyclic) bond motifs is 1. The lowest BCUT2D eigenvalue weighted by Gasteiger charge is -2.24. The third-order valence-corrected chi connectivity index (χ3v) is 7.72. The minimum Gasteiger partial charge on any atom is -0.494 e. The van der Waals surface area contributed by atoms with Gasteiger partial charge in [-0.1, -0.05) is 35.6 Å². The number of hydrogen-bond acceptors (Lipinski definition) is 9. The van der Waals surface area contributed by atoms with E-state index < -0.39 is 16.9 Å². The second kappa shape index (κ2) is 12.9. The monoisotopic (exact) mass is 599 g/mol. The molecular formula is C32H29N3O7S. The highest BCUT2D eigenvalue weighted by Crippen LogP contribution is 2.31. The quantitative estimate of drug-likeness (QED) is 0.147. The van der Waals surface area contributed by atoms with Gasteiger partial charge in [0.2, 0.25) is 0 Å². The van der Waals surface area contributed by atoms with E-state index in [0.29, 0.717) is 38.7 Å². The molecule has 0 aliphatic carbocycles. The first-order valence-corrected chi connectivity index (χ1v) is 14.5. The van der Waals surface area contributed by atoms with E-state index in [4.69, 9.17) is 14.2 Å². The smallest absolute Gasteiger partial charge is 0.338 e. The summed E-state index contributed by atoms with van der Waals surface area (Å²) in [4.78, 5) is 42.5. The Hall–Kier alpha value is -5.03. The van der Waals surface area contributed by atoms with Crippen molar-refractivity contribution < 1.29 is 23.9 Å². The molecule has 1 aliphatic heterocycles. The summed E-state index contributed by atoms with van der Waals surface area (Å²) in [7, 11) is 0. The molecule has 2 heterocycles. The van der Waals surface area contributed by atoms with Crippen molar-refractivity contribution in [1.29, 1.82) is 0 Å². The lowest BCUT2D eigenvalue weighted by Crippen LogP contribution is -2.39. The zero-order valence-electron chi connectivity index (χ0n) is 23.8. The zero-order chi connectivity index (χ0) is 30.5. The van der Waals surface area contributed by atoms with Crippen molar-refractivity contribution in [3.8, 4) is 11.5 Å². The third-order valence-electron chi connectivity index (χ3n) is 6.73. The van der Waals surface area contributed by atoms with Gasteiger partial charge in [-0.15, -0.1) is 0 Å². The molecule has 0 saturated heterocycles. The summed E-state index contributed by atoms with van der Waals surface area (Å²) in [5, 5.41) is 10.9. The molecule has 0 spiro atoms. The first-order chi connectivity index (χ1) is 20.8. The summed E-state index contributed by atoms with van der Waals surface area (Å²) in [6, 6.07) is 20.0. The van der Waals surface area contributed by atoms with Crippen LogP contribution in [0.5, 0.6) is 11.5 Å². The molecule has 3 aromatic carbocycles. The number of rotatable bonds is 10. The van der Waals surface area contributed by atoms with Crippen LogP contribution in [0.4, 0.5) is 5.69 Å². The van der Waals surface area contributed by atoms with Crippen LogP contribution in [0.15, 0.2) is 93.9 Å². The second-order valence-corrected chi connectivity index (χ2v) is 10.6. The summed E-state index contributed by atoms with van der Waals surface area (Å²) in [6.45, 7) is 6.32. The number of aromatic nitrogens is 1. The van der Waals surface area contributed by atoms with Gasteiger partial charge in [0.05, 0.1) is 40.0 Å². The molecule has 0 amide bonds. The van der Waals surface area contributed by atoms with Gasteiger partial charge in [0.25, 0.3) is 11.2 Å². The molecule has 1 aromatic heterocycles. The average Bonchev–Trinajstić information content (AvgIpc) is 3.30. The number of thiazole rings is 1. The highest BCUT2D eigenvalue weighted by Gasteiger charge is 2.33. The molecule has 220 valence electrons. The van der Waals surface area contributed by atoms with E-state index in [1.54, 1.807) is 42.7 Å². The van der Waals surface area contributed by atoms with Crippen molar-refractivity contribution in [3.05, 3.63) is 131 Å². The number of ether oxygens (including phenoxy) is 3. The van der Waals surface area contributed by atoms with Crippen LogP contribution in [0.3, 0.4) is 0 Å². The lowest BCUT2D eigenvalue weighted by molar-refractivity contribution is -0.384. The molecule has 0 saturated carbocycles. The van der Waals surface area contributed by atoms with E-state index in [0.717, 1.165) is 16.7 Å². The SMILES string of the molecule is CCOC(=O)C1=C(C)N=c2s/c(=C\c3cccc(OCc4ccc([N+](=O)[O-])cc4)c3)c(=O)n2[C@H]1c1ccc(OCC)cc1. The van der Waals surface area contributed by atoms with E-state index in [1.165, 1.54) is 23.5 Å². The molecular weight excluding hydrogens is 570 g/mol. The number of nitrogens with zero attached hydrogens (tertiary/aromatic N) is 3. The summed E-state index contributed by atoms with van der Waals surface area (Å²) in [5.41, 5.74) is 2.79. The van der Waals surface area contributed by atoms with Crippen LogP contribution in [0.25, 0.3) is 6.08 Å². The standard InChI is InChI=1S/C32H29N3O7S/c1-4-40-25-15-11-23(12-16-25)29-28(31(37)41-5-2)20(3)33-32-34(29)30(36)27(43-32)18-22-7-6-8-26(17-22)42-19-21-9-13-24(14-10-21)35(38)39/h6-18,29H,4-5,19H2,1-3H3/b27-18-/t29-/m0/s1. The number of carbonyl (C=O) groups is 1. The third kappa shape index (κ3) is 6.41. The van der Waals surface area contributed by atoms with Crippen LogP contribution in [-0.2, 0) is 16.1 Å². The van der Waals surface area contributed by atoms with Gasteiger partial charge in [0.1, 0.15) is 18.1 Å². The van der Waals surface area contributed by atoms with Gasteiger partial charge >= 0.3 is 5.97 Å². The first-order valence-electron chi connectivity index (χ1n) is 13.7. The van der Waals surface area contributed by atoms with Crippen LogP contribution in [-0.4, -0.2) is 28.7 Å². The maximum absolute atomic E-state index is 13.9. The van der Waals surface area contributed by atoms with Crippen molar-refractivity contribution >= 4 is 29.1 Å². The Bertz CT molecular complexity index is 1870. The summed E-state index contributed by atoms with van der Waals surface area (Å²) in [5.74, 6) is 0.745. The topological polar surface area (TPSA) is 122 Å². The van der Waals surface area contributed by atoms with E-state index in [-0.39, 0.29) is 24.5 Å².